The number of hydrogen-bond acceptors (Lipinski definition) is 2. The van der Waals surface area contributed by atoms with E-state index in [1.165, 1.54) is 24.8 Å². The molecule has 1 atom stereocenters. The van der Waals surface area contributed by atoms with Crippen LogP contribution in [0.3, 0.4) is 0 Å². The Bertz CT molecular complexity index is 435. The fourth-order valence-electron chi connectivity index (χ4n) is 3.05. The quantitative estimate of drug-likeness (QED) is 0.727. The van der Waals surface area contributed by atoms with Gasteiger partial charge in [-0.05, 0) is 36.8 Å². The van der Waals surface area contributed by atoms with Crippen molar-refractivity contribution in [3.63, 3.8) is 0 Å². The Morgan fingerprint density at radius 3 is 2.60 bits per heavy atom. The number of likely N-dealkylation sites (tertiary alicyclic amines) is 1. The highest BCUT2D eigenvalue weighted by atomic mass is 16.1. The summed E-state index contributed by atoms with van der Waals surface area (Å²) in [5.41, 5.74) is 2.15. The Labute approximate surface area is 123 Å². The average molecular weight is 273 g/mol. The first-order valence-corrected chi connectivity index (χ1v) is 7.95. The van der Waals surface area contributed by atoms with Gasteiger partial charge in [-0.2, -0.15) is 0 Å². The number of nitrogens with zero attached hydrogens (tertiary/aromatic N) is 1. The normalized spacial score (nSPS) is 19.7. The second-order valence-electron chi connectivity index (χ2n) is 6.38. The largest absolute Gasteiger partial charge is 0.296 e. The predicted molar refractivity (Wildman–Crippen MR) is 84.3 cm³/mol. The zero-order chi connectivity index (χ0) is 14.5. The monoisotopic (exact) mass is 273 g/mol. The van der Waals surface area contributed by atoms with Crippen molar-refractivity contribution in [1.82, 2.24) is 4.90 Å². The smallest absolute Gasteiger partial charge is 0.176 e. The van der Waals surface area contributed by atoms with E-state index in [-0.39, 0.29) is 5.78 Å². The van der Waals surface area contributed by atoms with E-state index >= 15 is 0 Å². The molecule has 1 aromatic rings. The van der Waals surface area contributed by atoms with Crippen molar-refractivity contribution < 1.29 is 4.79 Å². The van der Waals surface area contributed by atoms with Gasteiger partial charge in [0, 0.05) is 12.1 Å². The van der Waals surface area contributed by atoms with Crippen LogP contribution in [-0.2, 0) is 0 Å². The fraction of sp³-hybridized carbons (Fsp3) is 0.611. The van der Waals surface area contributed by atoms with E-state index in [1.807, 2.05) is 12.1 Å². The molecule has 110 valence electrons. The first kappa shape index (κ1) is 15.2. The van der Waals surface area contributed by atoms with Gasteiger partial charge in [0.05, 0.1) is 6.54 Å². The van der Waals surface area contributed by atoms with Gasteiger partial charge in [0.1, 0.15) is 0 Å². The third kappa shape index (κ3) is 3.92. The Kier molecular flexibility index (Phi) is 5.36. The van der Waals surface area contributed by atoms with Crippen LogP contribution in [0.1, 0.15) is 61.9 Å². The van der Waals surface area contributed by atoms with Crippen LogP contribution in [0.5, 0.6) is 0 Å². The molecule has 1 aliphatic rings. The molecule has 2 heteroatoms. The summed E-state index contributed by atoms with van der Waals surface area (Å²) in [7, 11) is 0. The van der Waals surface area contributed by atoms with Crippen LogP contribution < -0.4 is 0 Å². The van der Waals surface area contributed by atoms with Crippen molar-refractivity contribution in [2.45, 2.75) is 46.0 Å². The molecular weight excluding hydrogens is 246 g/mol. The lowest BCUT2D eigenvalue weighted by Crippen LogP contribution is -2.27. The minimum Gasteiger partial charge on any atom is -0.296 e. The first-order chi connectivity index (χ1) is 9.60. The first-order valence-electron chi connectivity index (χ1n) is 7.95. The molecule has 1 aliphatic heterocycles. The molecule has 1 heterocycles. The minimum absolute atomic E-state index is 0.262. The second-order valence-corrected chi connectivity index (χ2v) is 6.38. The van der Waals surface area contributed by atoms with Gasteiger partial charge in [-0.25, -0.2) is 0 Å². The molecule has 0 aliphatic carbocycles. The van der Waals surface area contributed by atoms with Crippen LogP contribution in [0.15, 0.2) is 24.3 Å². The van der Waals surface area contributed by atoms with E-state index in [0.717, 1.165) is 24.6 Å². The van der Waals surface area contributed by atoms with Crippen molar-refractivity contribution in [3.8, 4) is 0 Å². The van der Waals surface area contributed by atoms with Crippen LogP contribution in [-0.4, -0.2) is 30.3 Å². The van der Waals surface area contributed by atoms with Gasteiger partial charge in [0.25, 0.3) is 0 Å². The second kappa shape index (κ2) is 7.03. The van der Waals surface area contributed by atoms with E-state index in [1.54, 1.807) is 0 Å². The van der Waals surface area contributed by atoms with E-state index < -0.39 is 0 Å². The Balaban J connectivity index is 1.89. The van der Waals surface area contributed by atoms with Gasteiger partial charge in [-0.1, -0.05) is 51.5 Å². The van der Waals surface area contributed by atoms with Crippen LogP contribution in [0, 0.1) is 5.92 Å². The van der Waals surface area contributed by atoms with Crippen LogP contribution in [0.4, 0.5) is 0 Å². The molecule has 0 spiro atoms. The van der Waals surface area contributed by atoms with Crippen LogP contribution in [0.2, 0.25) is 0 Å². The number of Topliss-reactive ketones (excluding diaryl/α,β-unsaturated/α-hetero) is 1. The highest BCUT2D eigenvalue weighted by molar-refractivity contribution is 5.97. The number of carbonyl (C=O) groups is 1. The van der Waals surface area contributed by atoms with Gasteiger partial charge in [-0.15, -0.1) is 0 Å². The topological polar surface area (TPSA) is 20.3 Å². The molecule has 1 saturated heterocycles. The lowest BCUT2D eigenvalue weighted by molar-refractivity contribution is 0.0943. The standard InChI is InChI=1S/C18H27NO/c1-4-5-15-10-11-19(12-15)13-18(20)17-8-6-16(7-9-17)14(2)3/h6-9,14-15H,4-5,10-13H2,1-3H3. The summed E-state index contributed by atoms with van der Waals surface area (Å²) in [6, 6.07) is 8.14. The zero-order valence-corrected chi connectivity index (χ0v) is 13.1. The van der Waals surface area contributed by atoms with Gasteiger partial charge < -0.3 is 0 Å². The van der Waals surface area contributed by atoms with Crippen molar-refractivity contribution in [2.24, 2.45) is 5.92 Å². The fourth-order valence-corrected chi connectivity index (χ4v) is 3.05. The third-order valence-corrected chi connectivity index (χ3v) is 4.33. The Morgan fingerprint density at radius 2 is 2.00 bits per heavy atom. The maximum absolute atomic E-state index is 12.3. The summed E-state index contributed by atoms with van der Waals surface area (Å²) < 4.78 is 0. The van der Waals surface area contributed by atoms with E-state index in [2.05, 4.69) is 37.8 Å². The van der Waals surface area contributed by atoms with E-state index in [4.69, 9.17) is 0 Å². The summed E-state index contributed by atoms with van der Waals surface area (Å²) in [5.74, 6) is 1.58. The molecule has 0 radical (unpaired) electrons. The molecule has 0 bridgehead atoms. The van der Waals surface area contributed by atoms with E-state index in [9.17, 15) is 4.79 Å². The summed E-state index contributed by atoms with van der Waals surface area (Å²) in [6.45, 7) is 9.36. The molecule has 2 rings (SSSR count). The number of benzene rings is 1. The highest BCUT2D eigenvalue weighted by Crippen LogP contribution is 2.21. The number of carbonyl (C=O) groups excluding carboxylic acids is 1. The van der Waals surface area contributed by atoms with Gasteiger partial charge in [-0.3, -0.25) is 9.69 Å². The highest BCUT2D eigenvalue weighted by Gasteiger charge is 2.23. The molecule has 2 nitrogen and oxygen atoms in total. The van der Waals surface area contributed by atoms with Gasteiger partial charge >= 0.3 is 0 Å². The molecule has 0 amide bonds. The lowest BCUT2D eigenvalue weighted by Gasteiger charge is -2.15. The average Bonchev–Trinajstić information content (AvgIpc) is 2.86. The lowest BCUT2D eigenvalue weighted by atomic mass is 10.0. The SMILES string of the molecule is CCCC1CCN(CC(=O)c2ccc(C(C)C)cc2)C1. The minimum atomic E-state index is 0.262. The summed E-state index contributed by atoms with van der Waals surface area (Å²) in [6.07, 6.45) is 3.81. The summed E-state index contributed by atoms with van der Waals surface area (Å²) in [5, 5.41) is 0. The van der Waals surface area contributed by atoms with Crippen molar-refractivity contribution in [3.05, 3.63) is 35.4 Å². The Hall–Kier alpha value is -1.15. The molecule has 20 heavy (non-hydrogen) atoms. The van der Waals surface area contributed by atoms with Crippen molar-refractivity contribution in [2.75, 3.05) is 19.6 Å². The van der Waals surface area contributed by atoms with Crippen LogP contribution >= 0.6 is 0 Å². The zero-order valence-electron chi connectivity index (χ0n) is 13.1. The Morgan fingerprint density at radius 1 is 1.30 bits per heavy atom. The molecule has 1 fully saturated rings. The molecule has 0 N–H and O–H groups in total. The summed E-state index contributed by atoms with van der Waals surface area (Å²) in [4.78, 5) is 14.6. The number of ketones is 1. The van der Waals surface area contributed by atoms with Gasteiger partial charge in [0.15, 0.2) is 5.78 Å². The summed E-state index contributed by atoms with van der Waals surface area (Å²) >= 11 is 0. The molecule has 1 unspecified atom stereocenters. The number of hydrogen-bond donors (Lipinski definition) is 0. The molecule has 1 aromatic carbocycles. The molecule has 0 aromatic heterocycles. The van der Waals surface area contributed by atoms with Crippen molar-refractivity contribution >= 4 is 5.78 Å². The molecular formula is C18H27NO. The number of rotatable bonds is 6. The van der Waals surface area contributed by atoms with Crippen LogP contribution in [0.25, 0.3) is 0 Å². The van der Waals surface area contributed by atoms with Crippen molar-refractivity contribution in [1.29, 1.82) is 0 Å². The molecule has 0 saturated carbocycles. The van der Waals surface area contributed by atoms with Gasteiger partial charge in [0.2, 0.25) is 0 Å². The predicted octanol–water partition coefficient (Wildman–Crippen LogP) is 4.11. The maximum atomic E-state index is 12.3. The third-order valence-electron chi connectivity index (χ3n) is 4.33. The maximum Gasteiger partial charge on any atom is 0.176 e. The van der Waals surface area contributed by atoms with E-state index in [0.29, 0.717) is 12.5 Å².